The summed E-state index contributed by atoms with van der Waals surface area (Å²) in [6.45, 7) is 6.16. The van der Waals surface area contributed by atoms with Crippen molar-refractivity contribution in [1.82, 2.24) is 0 Å². The maximum absolute atomic E-state index is 11.0. The molecule has 0 spiro atoms. The molecule has 0 aromatic heterocycles. The molecule has 0 fully saturated rings. The number of hydrogen-bond acceptors (Lipinski definition) is 2. The zero-order valence-electron chi connectivity index (χ0n) is 9.63. The van der Waals surface area contributed by atoms with Crippen molar-refractivity contribution in [2.45, 2.75) is 20.8 Å². The highest BCUT2D eigenvalue weighted by atomic mass is 16.5. The third kappa shape index (κ3) is 2.94. The van der Waals surface area contributed by atoms with Crippen molar-refractivity contribution < 1.29 is 9.53 Å². The van der Waals surface area contributed by atoms with Crippen LogP contribution in [0.15, 0.2) is 18.2 Å². The van der Waals surface area contributed by atoms with Crippen LogP contribution < -0.4 is 0 Å². The van der Waals surface area contributed by atoms with E-state index < -0.39 is 0 Å². The van der Waals surface area contributed by atoms with E-state index >= 15 is 0 Å². The van der Waals surface area contributed by atoms with Crippen molar-refractivity contribution >= 4 is 12.0 Å². The lowest BCUT2D eigenvalue weighted by molar-refractivity contribution is -0.134. The highest BCUT2D eigenvalue weighted by molar-refractivity contribution is 5.87. The topological polar surface area (TPSA) is 26.3 Å². The highest BCUT2D eigenvalue weighted by Gasteiger charge is 2.00. The molecule has 0 N–H and O–H groups in total. The molecule has 15 heavy (non-hydrogen) atoms. The molecular weight excluding hydrogens is 188 g/mol. The Morgan fingerprint density at radius 3 is 2.53 bits per heavy atom. The molecule has 0 aliphatic rings. The van der Waals surface area contributed by atoms with Crippen LogP contribution in [0.4, 0.5) is 0 Å². The molecular formula is C13H16O2. The van der Waals surface area contributed by atoms with Crippen LogP contribution in [-0.2, 0) is 9.53 Å². The Kier molecular flexibility index (Phi) is 3.67. The van der Waals surface area contributed by atoms with Crippen molar-refractivity contribution in [2.24, 2.45) is 0 Å². The molecule has 0 heterocycles. The molecule has 0 aliphatic heterocycles. The van der Waals surface area contributed by atoms with Crippen molar-refractivity contribution in [3.63, 3.8) is 0 Å². The smallest absolute Gasteiger partial charge is 0.330 e. The second-order valence-corrected chi connectivity index (χ2v) is 3.65. The molecule has 0 saturated carbocycles. The van der Waals surface area contributed by atoms with Crippen LogP contribution in [0.3, 0.4) is 0 Å². The van der Waals surface area contributed by atoms with E-state index in [9.17, 15) is 4.79 Å². The Hall–Kier alpha value is -1.57. The molecule has 0 aliphatic carbocycles. The van der Waals surface area contributed by atoms with Crippen LogP contribution in [0.5, 0.6) is 0 Å². The van der Waals surface area contributed by atoms with Crippen LogP contribution in [0, 0.1) is 20.8 Å². The van der Waals surface area contributed by atoms with E-state index in [2.05, 4.69) is 23.8 Å². The standard InChI is InChI=1S/C13H16O2/c1-9-7-10(2)11(3)12(8-9)5-6-13(14)15-4/h5-8H,1-4H3/b6-5+. The molecule has 0 saturated heterocycles. The summed E-state index contributed by atoms with van der Waals surface area (Å²) in [6.07, 6.45) is 3.24. The molecule has 0 bridgehead atoms. The van der Waals surface area contributed by atoms with Crippen LogP contribution in [0.25, 0.3) is 6.08 Å². The predicted molar refractivity (Wildman–Crippen MR) is 61.7 cm³/mol. The lowest BCUT2D eigenvalue weighted by atomic mass is 10.00. The van der Waals surface area contributed by atoms with Gasteiger partial charge in [0.25, 0.3) is 0 Å². The number of methoxy groups -OCH3 is 1. The Bertz CT molecular complexity index is 403. The van der Waals surface area contributed by atoms with Crippen LogP contribution in [0.1, 0.15) is 22.3 Å². The highest BCUT2D eigenvalue weighted by Crippen LogP contribution is 2.17. The fourth-order valence-electron chi connectivity index (χ4n) is 1.47. The monoisotopic (exact) mass is 204 g/mol. The molecule has 0 radical (unpaired) electrons. The summed E-state index contributed by atoms with van der Waals surface area (Å²) < 4.78 is 4.55. The van der Waals surface area contributed by atoms with E-state index in [4.69, 9.17) is 0 Å². The maximum Gasteiger partial charge on any atom is 0.330 e. The van der Waals surface area contributed by atoms with Gasteiger partial charge in [0, 0.05) is 6.08 Å². The summed E-state index contributed by atoms with van der Waals surface area (Å²) in [5.74, 6) is -0.325. The predicted octanol–water partition coefficient (Wildman–Crippen LogP) is 2.80. The summed E-state index contributed by atoms with van der Waals surface area (Å²) in [5.41, 5.74) is 4.70. The average Bonchev–Trinajstić information content (AvgIpc) is 2.20. The van der Waals surface area contributed by atoms with Gasteiger partial charge in [0.2, 0.25) is 0 Å². The van der Waals surface area contributed by atoms with E-state index in [0.29, 0.717) is 0 Å². The third-order valence-corrected chi connectivity index (χ3v) is 2.45. The number of ether oxygens (including phenoxy) is 1. The number of benzene rings is 1. The van der Waals surface area contributed by atoms with E-state index in [1.165, 1.54) is 29.9 Å². The van der Waals surface area contributed by atoms with E-state index in [0.717, 1.165) is 5.56 Å². The van der Waals surface area contributed by atoms with Crippen molar-refractivity contribution in [2.75, 3.05) is 7.11 Å². The number of hydrogen-bond donors (Lipinski definition) is 0. The number of esters is 1. The van der Waals surface area contributed by atoms with Gasteiger partial charge < -0.3 is 4.74 Å². The van der Waals surface area contributed by atoms with Gasteiger partial charge in [-0.2, -0.15) is 0 Å². The molecule has 1 aromatic carbocycles. The summed E-state index contributed by atoms with van der Waals surface area (Å²) in [7, 11) is 1.38. The third-order valence-electron chi connectivity index (χ3n) is 2.45. The van der Waals surface area contributed by atoms with Crippen molar-refractivity contribution in [3.05, 3.63) is 40.5 Å². The second kappa shape index (κ2) is 4.78. The molecule has 0 atom stereocenters. The minimum atomic E-state index is -0.325. The Morgan fingerprint density at radius 1 is 1.27 bits per heavy atom. The van der Waals surface area contributed by atoms with Gasteiger partial charge in [0.1, 0.15) is 0 Å². The van der Waals surface area contributed by atoms with E-state index in [1.54, 1.807) is 6.08 Å². The zero-order chi connectivity index (χ0) is 11.4. The molecule has 0 unspecified atom stereocenters. The quantitative estimate of drug-likeness (QED) is 0.547. The molecule has 2 heteroatoms. The van der Waals surface area contributed by atoms with Crippen LogP contribution in [-0.4, -0.2) is 13.1 Å². The molecule has 1 rings (SSSR count). The van der Waals surface area contributed by atoms with Gasteiger partial charge in [-0.25, -0.2) is 4.79 Å². The first kappa shape index (κ1) is 11.5. The lowest BCUT2D eigenvalue weighted by Gasteiger charge is -2.06. The normalized spacial score (nSPS) is 10.7. The zero-order valence-corrected chi connectivity index (χ0v) is 9.63. The molecule has 80 valence electrons. The van der Waals surface area contributed by atoms with Crippen molar-refractivity contribution in [3.8, 4) is 0 Å². The number of rotatable bonds is 2. The summed E-state index contributed by atoms with van der Waals surface area (Å²) >= 11 is 0. The van der Waals surface area contributed by atoms with Crippen LogP contribution in [0.2, 0.25) is 0 Å². The molecule has 1 aromatic rings. The Balaban J connectivity index is 3.04. The first-order chi connectivity index (χ1) is 7.04. The fourth-order valence-corrected chi connectivity index (χ4v) is 1.47. The summed E-state index contributed by atoms with van der Waals surface area (Å²) in [6, 6.07) is 4.19. The van der Waals surface area contributed by atoms with Gasteiger partial charge >= 0.3 is 5.97 Å². The van der Waals surface area contributed by atoms with Gasteiger partial charge in [-0.1, -0.05) is 17.7 Å². The van der Waals surface area contributed by atoms with E-state index in [1.807, 2.05) is 13.8 Å². The Labute approximate surface area is 90.6 Å². The van der Waals surface area contributed by atoms with Gasteiger partial charge in [-0.15, -0.1) is 0 Å². The average molecular weight is 204 g/mol. The molecule has 2 nitrogen and oxygen atoms in total. The number of aryl methyl sites for hydroxylation is 2. The van der Waals surface area contributed by atoms with Gasteiger partial charge in [0.15, 0.2) is 0 Å². The first-order valence-corrected chi connectivity index (χ1v) is 4.88. The lowest BCUT2D eigenvalue weighted by Crippen LogP contribution is -1.94. The fraction of sp³-hybridized carbons (Fsp3) is 0.308. The second-order valence-electron chi connectivity index (χ2n) is 3.65. The number of carbonyl (C=O) groups is 1. The largest absolute Gasteiger partial charge is 0.466 e. The Morgan fingerprint density at radius 2 is 1.93 bits per heavy atom. The SMILES string of the molecule is COC(=O)/C=C/c1cc(C)cc(C)c1C. The number of carbonyl (C=O) groups excluding carboxylic acids is 1. The van der Waals surface area contributed by atoms with Gasteiger partial charge in [-0.05, 0) is 43.5 Å². The van der Waals surface area contributed by atoms with Crippen molar-refractivity contribution in [1.29, 1.82) is 0 Å². The first-order valence-electron chi connectivity index (χ1n) is 4.88. The van der Waals surface area contributed by atoms with Gasteiger partial charge in [-0.3, -0.25) is 0 Å². The van der Waals surface area contributed by atoms with E-state index in [-0.39, 0.29) is 5.97 Å². The summed E-state index contributed by atoms with van der Waals surface area (Å²) in [5, 5.41) is 0. The minimum Gasteiger partial charge on any atom is -0.466 e. The van der Waals surface area contributed by atoms with Gasteiger partial charge in [0.05, 0.1) is 7.11 Å². The minimum absolute atomic E-state index is 0.325. The van der Waals surface area contributed by atoms with Crippen LogP contribution >= 0.6 is 0 Å². The summed E-state index contributed by atoms with van der Waals surface area (Å²) in [4.78, 5) is 11.0. The molecule has 0 amide bonds. The maximum atomic E-state index is 11.0.